The van der Waals surface area contributed by atoms with Crippen LogP contribution in [0.1, 0.15) is 17.5 Å². The number of carbonyl (C=O) groups excluding carboxylic acids is 1. The topological polar surface area (TPSA) is 122 Å². The van der Waals surface area contributed by atoms with E-state index in [0.717, 1.165) is 17.7 Å². The van der Waals surface area contributed by atoms with Crippen molar-refractivity contribution in [3.05, 3.63) is 53.9 Å². The van der Waals surface area contributed by atoms with Crippen LogP contribution in [0.5, 0.6) is 0 Å². The van der Waals surface area contributed by atoms with Gasteiger partial charge in [-0.2, -0.15) is 0 Å². The number of hydrogen-bond acceptors (Lipinski definition) is 6. The van der Waals surface area contributed by atoms with Crippen molar-refractivity contribution in [2.75, 3.05) is 26.0 Å². The van der Waals surface area contributed by atoms with Crippen molar-refractivity contribution in [3.8, 4) is 0 Å². The molecule has 0 spiro atoms. The second kappa shape index (κ2) is 9.27. The number of anilines is 1. The monoisotopic (exact) mass is 444 g/mol. The summed E-state index contributed by atoms with van der Waals surface area (Å²) in [5.41, 5.74) is 3.70. The van der Waals surface area contributed by atoms with Crippen molar-refractivity contribution in [1.29, 1.82) is 0 Å². The smallest absolute Gasteiger partial charge is 0.290 e. The van der Waals surface area contributed by atoms with E-state index in [1.807, 2.05) is 14.1 Å². The minimum atomic E-state index is -3.78. The number of amides is 1. The first kappa shape index (κ1) is 22.4. The average molecular weight is 445 g/mol. The summed E-state index contributed by atoms with van der Waals surface area (Å²) in [4.78, 5) is 26.6. The number of carboxylic acid groups (broad SMARTS) is 1. The normalized spacial score (nSPS) is 13.3. The van der Waals surface area contributed by atoms with Crippen molar-refractivity contribution in [3.63, 3.8) is 0 Å². The summed E-state index contributed by atoms with van der Waals surface area (Å²) in [5.74, 6) is -0.0453. The molecule has 3 aromatic rings. The maximum absolute atomic E-state index is 13.4. The summed E-state index contributed by atoms with van der Waals surface area (Å²) in [6.45, 7) is 0.550. The molecule has 164 valence electrons. The molecule has 2 aromatic heterocycles. The molecule has 0 bridgehead atoms. The number of rotatable bonds is 5. The van der Waals surface area contributed by atoms with Gasteiger partial charge in [0.2, 0.25) is 5.91 Å². The number of benzene rings is 1. The summed E-state index contributed by atoms with van der Waals surface area (Å²) < 4.78 is 28.1. The van der Waals surface area contributed by atoms with Crippen LogP contribution < -0.4 is 5.32 Å². The lowest BCUT2D eigenvalue weighted by Gasteiger charge is -2.18. The van der Waals surface area contributed by atoms with Crippen molar-refractivity contribution < 1.29 is 23.1 Å². The van der Waals surface area contributed by atoms with E-state index in [1.54, 1.807) is 42.7 Å². The SMILES string of the molecule is CN(C)CCc1cn(S(=O)(=O)c2ccc3c(c2)CCC(=O)N3)c2cccnc12.O=CO. The van der Waals surface area contributed by atoms with Crippen LogP contribution in [0.15, 0.2) is 47.6 Å². The maximum Gasteiger partial charge on any atom is 0.290 e. The van der Waals surface area contributed by atoms with E-state index in [2.05, 4.69) is 15.2 Å². The highest BCUT2D eigenvalue weighted by molar-refractivity contribution is 7.90. The Morgan fingerprint density at radius 2 is 2.00 bits per heavy atom. The van der Waals surface area contributed by atoms with E-state index < -0.39 is 10.0 Å². The molecule has 2 N–H and O–H groups in total. The number of fused-ring (bicyclic) bond motifs is 2. The number of aromatic nitrogens is 2. The van der Waals surface area contributed by atoms with Crippen LogP contribution in [0.4, 0.5) is 5.69 Å². The quantitative estimate of drug-likeness (QED) is 0.577. The number of nitrogens with one attached hydrogen (secondary N) is 1. The van der Waals surface area contributed by atoms with Crippen LogP contribution in [-0.4, -0.2) is 60.4 Å². The van der Waals surface area contributed by atoms with E-state index in [1.165, 1.54) is 3.97 Å². The van der Waals surface area contributed by atoms with Gasteiger partial charge in [-0.05, 0) is 68.4 Å². The van der Waals surface area contributed by atoms with Gasteiger partial charge in [-0.3, -0.25) is 14.6 Å². The van der Waals surface area contributed by atoms with Crippen molar-refractivity contribution in [2.24, 2.45) is 0 Å². The van der Waals surface area contributed by atoms with Crippen LogP contribution in [0.3, 0.4) is 0 Å². The van der Waals surface area contributed by atoms with Gasteiger partial charge in [-0.1, -0.05) is 0 Å². The Hall–Kier alpha value is -3.24. The van der Waals surface area contributed by atoms with Gasteiger partial charge in [-0.15, -0.1) is 0 Å². The van der Waals surface area contributed by atoms with Crippen molar-refractivity contribution >= 4 is 39.1 Å². The van der Waals surface area contributed by atoms with E-state index in [4.69, 9.17) is 9.90 Å². The third-order valence-corrected chi connectivity index (χ3v) is 6.63. The molecular formula is C21H24N4O5S. The predicted molar refractivity (Wildman–Crippen MR) is 117 cm³/mol. The summed E-state index contributed by atoms with van der Waals surface area (Å²) in [6.07, 6.45) is 4.96. The molecular weight excluding hydrogens is 420 g/mol. The fourth-order valence-electron chi connectivity index (χ4n) is 3.45. The molecule has 1 aliphatic heterocycles. The molecule has 0 radical (unpaired) electrons. The molecule has 0 atom stereocenters. The minimum absolute atomic E-state index is 0.0453. The largest absolute Gasteiger partial charge is 0.483 e. The molecule has 1 amide bonds. The summed E-state index contributed by atoms with van der Waals surface area (Å²) in [5, 5.41) is 9.67. The van der Waals surface area contributed by atoms with E-state index in [0.29, 0.717) is 36.0 Å². The van der Waals surface area contributed by atoms with Crippen LogP contribution in [-0.2, 0) is 32.5 Å². The highest BCUT2D eigenvalue weighted by Crippen LogP contribution is 2.29. The highest BCUT2D eigenvalue weighted by atomic mass is 32.2. The molecule has 0 saturated carbocycles. The van der Waals surface area contributed by atoms with Gasteiger partial charge >= 0.3 is 0 Å². The van der Waals surface area contributed by atoms with Gasteiger partial charge in [0.1, 0.15) is 0 Å². The number of hydrogen-bond donors (Lipinski definition) is 2. The van der Waals surface area contributed by atoms with Gasteiger partial charge < -0.3 is 15.3 Å². The fourth-order valence-corrected chi connectivity index (χ4v) is 4.88. The number of aryl methyl sites for hydroxylation is 1. The Kier molecular flexibility index (Phi) is 6.71. The molecule has 0 saturated heterocycles. The van der Waals surface area contributed by atoms with Crippen LogP contribution in [0, 0.1) is 0 Å². The minimum Gasteiger partial charge on any atom is -0.483 e. The van der Waals surface area contributed by atoms with Crippen LogP contribution in [0.25, 0.3) is 11.0 Å². The second-order valence-corrected chi connectivity index (χ2v) is 9.17. The zero-order chi connectivity index (χ0) is 22.6. The average Bonchev–Trinajstić information content (AvgIpc) is 3.12. The Morgan fingerprint density at radius 3 is 2.71 bits per heavy atom. The summed E-state index contributed by atoms with van der Waals surface area (Å²) >= 11 is 0. The molecule has 3 heterocycles. The lowest BCUT2D eigenvalue weighted by Crippen LogP contribution is -2.20. The van der Waals surface area contributed by atoms with E-state index in [-0.39, 0.29) is 17.3 Å². The predicted octanol–water partition coefficient (Wildman–Crippen LogP) is 1.96. The van der Waals surface area contributed by atoms with Crippen molar-refractivity contribution in [2.45, 2.75) is 24.2 Å². The standard InChI is InChI=1S/C20H22N4O3S.CH2O2/c1-23(2)11-9-15-13-24(18-4-3-10-21-20(15)18)28(26,27)16-6-7-17-14(12-16)5-8-19(25)22-17;2-1-3/h3-4,6-7,10,12-13H,5,8-9,11H2,1-2H3,(H,22,25);1H,(H,2,3). The first-order valence-electron chi connectivity index (χ1n) is 9.64. The van der Waals surface area contributed by atoms with Gasteiger partial charge in [0.25, 0.3) is 16.5 Å². The number of pyridine rings is 1. The van der Waals surface area contributed by atoms with Crippen LogP contribution >= 0.6 is 0 Å². The fraction of sp³-hybridized carbons (Fsp3) is 0.286. The lowest BCUT2D eigenvalue weighted by atomic mass is 10.0. The first-order chi connectivity index (χ1) is 14.8. The third-order valence-electron chi connectivity index (χ3n) is 4.96. The number of carbonyl (C=O) groups is 2. The molecule has 31 heavy (non-hydrogen) atoms. The van der Waals surface area contributed by atoms with Gasteiger partial charge in [0.15, 0.2) is 0 Å². The number of likely N-dealkylation sites (N-methyl/N-ethyl adjacent to an activating group) is 1. The Labute approximate surface area is 180 Å². The third kappa shape index (κ3) is 4.75. The maximum atomic E-state index is 13.4. The molecule has 0 fully saturated rings. The van der Waals surface area contributed by atoms with Gasteiger partial charge in [0.05, 0.1) is 15.9 Å². The summed E-state index contributed by atoms with van der Waals surface area (Å²) in [7, 11) is 0.183. The highest BCUT2D eigenvalue weighted by Gasteiger charge is 2.24. The second-order valence-electron chi connectivity index (χ2n) is 7.35. The molecule has 0 unspecified atom stereocenters. The molecule has 10 heteroatoms. The molecule has 1 aliphatic rings. The van der Waals surface area contributed by atoms with Crippen LogP contribution in [0.2, 0.25) is 0 Å². The zero-order valence-electron chi connectivity index (χ0n) is 17.3. The van der Waals surface area contributed by atoms with Gasteiger partial charge in [-0.25, -0.2) is 12.4 Å². The Morgan fingerprint density at radius 1 is 1.26 bits per heavy atom. The van der Waals surface area contributed by atoms with Gasteiger partial charge in [0, 0.05) is 31.0 Å². The molecule has 9 nitrogen and oxygen atoms in total. The van der Waals surface area contributed by atoms with E-state index in [9.17, 15) is 13.2 Å². The lowest BCUT2D eigenvalue weighted by molar-refractivity contribution is -0.123. The summed E-state index contributed by atoms with van der Waals surface area (Å²) in [6, 6.07) is 8.38. The number of nitrogens with zero attached hydrogens (tertiary/aromatic N) is 3. The van der Waals surface area contributed by atoms with E-state index >= 15 is 0 Å². The molecule has 4 rings (SSSR count). The first-order valence-corrected chi connectivity index (χ1v) is 11.1. The Bertz CT molecular complexity index is 1220. The molecule has 0 aliphatic carbocycles. The van der Waals surface area contributed by atoms with Crippen molar-refractivity contribution in [1.82, 2.24) is 13.9 Å². The zero-order valence-corrected chi connectivity index (χ0v) is 18.1. The molecule has 1 aromatic carbocycles. The Balaban J connectivity index is 0.000000858.